The van der Waals surface area contributed by atoms with Crippen molar-refractivity contribution in [2.45, 2.75) is 63.8 Å². The van der Waals surface area contributed by atoms with Gasteiger partial charge in [0.15, 0.2) is 11.6 Å². The van der Waals surface area contributed by atoms with E-state index < -0.39 is 0 Å². The highest BCUT2D eigenvalue weighted by molar-refractivity contribution is 6.04. The monoisotopic (exact) mass is 892 g/mol. The van der Waals surface area contributed by atoms with E-state index in [4.69, 9.17) is 34.6 Å². The SMILES string of the molecule is Cc1ccc(-c2ccc3c(n2)N(C(=O)Nc2ccnc(O[C@H]4CCOC4)n2)[C@H]2CCN3C2)cn1.Cc1ccc(-c2ccc3c(n2)N[C@H]2CCN3C2)cn1.Nc1ccnc(O[C@H]2CCOC2)n1. The number of nitrogens with zero attached hydrogens (tertiary/aromatic N) is 11. The maximum atomic E-state index is 13.5. The molecule has 4 N–H and O–H groups in total. The minimum absolute atomic E-state index is 0.0413. The number of nitrogens with two attached hydrogens (primary N) is 1. The van der Waals surface area contributed by atoms with Crippen LogP contribution < -0.4 is 40.5 Å². The number of amides is 2. The van der Waals surface area contributed by atoms with Crippen molar-refractivity contribution >= 4 is 40.7 Å². The van der Waals surface area contributed by atoms with Gasteiger partial charge in [-0.3, -0.25) is 20.2 Å². The van der Waals surface area contributed by atoms with Gasteiger partial charge in [-0.25, -0.2) is 24.7 Å². The van der Waals surface area contributed by atoms with E-state index in [2.05, 4.69) is 68.5 Å². The summed E-state index contributed by atoms with van der Waals surface area (Å²) in [4.78, 5) is 54.7. The fourth-order valence-electron chi connectivity index (χ4n) is 8.69. The van der Waals surface area contributed by atoms with Crippen molar-refractivity contribution in [2.75, 3.05) is 83.7 Å². The average molecular weight is 893 g/mol. The van der Waals surface area contributed by atoms with Crippen LogP contribution in [0.25, 0.3) is 22.5 Å². The highest BCUT2D eigenvalue weighted by Gasteiger charge is 2.40. The topological polar surface area (TPSA) is 217 Å². The number of rotatable bonds is 7. The molecule has 66 heavy (non-hydrogen) atoms. The summed E-state index contributed by atoms with van der Waals surface area (Å²) in [5.41, 5.74) is 13.4. The van der Waals surface area contributed by atoms with Crippen molar-refractivity contribution in [3.63, 3.8) is 0 Å². The van der Waals surface area contributed by atoms with Crippen LogP contribution >= 0.6 is 0 Å². The maximum Gasteiger partial charge on any atom is 0.329 e. The molecule has 6 aliphatic rings. The van der Waals surface area contributed by atoms with Gasteiger partial charge in [-0.2, -0.15) is 9.97 Å². The number of carbonyl (C=O) groups excluding carboxylic acids is 1. The second-order valence-electron chi connectivity index (χ2n) is 16.9. The number of nitrogens with one attached hydrogen (secondary N) is 2. The maximum absolute atomic E-state index is 13.5. The Labute approximate surface area is 382 Å². The molecular formula is C47H52N14O5. The molecular weight excluding hydrogens is 841 g/mol. The molecule has 0 unspecified atom stereocenters. The lowest BCUT2D eigenvalue weighted by Crippen LogP contribution is -2.48. The predicted molar refractivity (Wildman–Crippen MR) is 249 cm³/mol. The predicted octanol–water partition coefficient (Wildman–Crippen LogP) is 5.72. The summed E-state index contributed by atoms with van der Waals surface area (Å²) in [5, 5.41) is 6.46. The zero-order valence-electron chi connectivity index (χ0n) is 36.9. The van der Waals surface area contributed by atoms with Crippen LogP contribution in [0, 0.1) is 13.8 Å². The third-order valence-electron chi connectivity index (χ3n) is 12.2. The molecule has 12 rings (SSSR count). The Morgan fingerprint density at radius 2 is 1.33 bits per heavy atom. The quantitative estimate of drug-likeness (QED) is 0.175. The Balaban J connectivity index is 0.000000133. The Morgan fingerprint density at radius 3 is 1.98 bits per heavy atom. The van der Waals surface area contributed by atoms with E-state index in [1.54, 1.807) is 29.4 Å². The minimum atomic E-state index is -0.270. The highest BCUT2D eigenvalue weighted by atomic mass is 16.6. The fraction of sp³-hybridized carbons (Fsp3) is 0.383. The standard InChI is InChI=1S/C24H25N7O3.C15H16N4.C8H11N3O2/c1-15-2-3-16(12-26-15)19-4-5-20-22(27-19)31(17-7-10-30(20)13-17)24(32)29-21-6-9-25-23(28-21)34-18-8-11-33-14-18;1-10-2-3-11(8-16-10)13-4-5-14-15(18-13)17-12-6-7-19(14)9-12;9-7-1-3-10-8(11-7)13-6-2-4-12-5-6/h2-6,9,12,17-18H,7-8,10-11,13-14H2,1H3,(H,25,28,29,32);2-5,8,12H,6-7,9H2,1H3,(H,17,18);1,3,6H,2,4-5H2,(H2,9,10,11)/t17-,18-;12-;6-/m000/s1. The molecule has 4 saturated heterocycles. The van der Waals surface area contributed by atoms with Crippen molar-refractivity contribution in [1.82, 2.24) is 39.9 Å². The molecule has 4 atom stereocenters. The molecule has 4 fully saturated rings. The van der Waals surface area contributed by atoms with E-state index in [0.29, 0.717) is 49.3 Å². The molecule has 6 aliphatic heterocycles. The molecule has 0 spiro atoms. The second kappa shape index (κ2) is 19.1. The van der Waals surface area contributed by atoms with Gasteiger partial charge in [0.1, 0.15) is 23.8 Å². The number of nitrogen functional groups attached to an aromatic ring is 1. The van der Waals surface area contributed by atoms with E-state index in [1.165, 1.54) is 12.1 Å². The number of anilines is 6. The molecule has 340 valence electrons. The Bertz CT molecular complexity index is 2650. The lowest BCUT2D eigenvalue weighted by molar-refractivity contribution is 0.134. The first-order valence-corrected chi connectivity index (χ1v) is 22.4. The van der Waals surface area contributed by atoms with E-state index in [9.17, 15) is 4.79 Å². The van der Waals surface area contributed by atoms with Crippen LogP contribution in [0.1, 0.15) is 37.1 Å². The Kier molecular flexibility index (Phi) is 12.3. The number of ether oxygens (including phenoxy) is 4. The molecule has 0 aliphatic carbocycles. The third kappa shape index (κ3) is 9.71. The molecule has 19 heteroatoms. The summed E-state index contributed by atoms with van der Waals surface area (Å²) in [6, 6.07) is 20.5. The second-order valence-corrected chi connectivity index (χ2v) is 16.9. The molecule has 0 radical (unpaired) electrons. The average Bonchev–Trinajstić information content (AvgIpc) is 4.18. The molecule has 0 saturated carbocycles. The van der Waals surface area contributed by atoms with Crippen molar-refractivity contribution in [2.24, 2.45) is 0 Å². The Hall–Kier alpha value is -7.25. The molecule has 6 aromatic rings. The number of carbonyl (C=O) groups is 1. The van der Waals surface area contributed by atoms with Crippen molar-refractivity contribution in [3.05, 3.63) is 96.8 Å². The number of hydrogen-bond donors (Lipinski definition) is 3. The van der Waals surface area contributed by atoms with Crippen LogP contribution in [0.4, 0.5) is 39.4 Å². The van der Waals surface area contributed by atoms with Gasteiger partial charge in [0.25, 0.3) is 0 Å². The number of urea groups is 1. The van der Waals surface area contributed by atoms with E-state index in [1.807, 2.05) is 56.6 Å². The van der Waals surface area contributed by atoms with Crippen LogP contribution in [-0.4, -0.2) is 123 Å². The normalized spacial score (nSPS) is 20.8. The van der Waals surface area contributed by atoms with Crippen molar-refractivity contribution in [3.8, 4) is 34.5 Å². The van der Waals surface area contributed by atoms with Gasteiger partial charge in [0.05, 0.1) is 55.2 Å². The van der Waals surface area contributed by atoms with Gasteiger partial charge in [-0.15, -0.1) is 0 Å². The summed E-state index contributed by atoms with van der Waals surface area (Å²) < 4.78 is 21.7. The van der Waals surface area contributed by atoms with Crippen molar-refractivity contribution < 1.29 is 23.7 Å². The Morgan fingerprint density at radius 1 is 0.697 bits per heavy atom. The summed E-state index contributed by atoms with van der Waals surface area (Å²) in [6.45, 7) is 10.4. The molecule has 2 amide bonds. The molecule has 6 aromatic heterocycles. The van der Waals surface area contributed by atoms with Gasteiger partial charge in [-0.05, 0) is 87.4 Å². The number of aromatic nitrogens is 8. The number of aryl methyl sites for hydroxylation is 2. The lowest BCUT2D eigenvalue weighted by atomic mass is 10.1. The van der Waals surface area contributed by atoms with Crippen LogP contribution in [0.2, 0.25) is 0 Å². The van der Waals surface area contributed by atoms with E-state index in [-0.39, 0.29) is 30.3 Å². The van der Waals surface area contributed by atoms with E-state index in [0.717, 1.165) is 97.5 Å². The largest absolute Gasteiger partial charge is 0.458 e. The van der Waals surface area contributed by atoms with Crippen molar-refractivity contribution in [1.29, 1.82) is 0 Å². The zero-order valence-corrected chi connectivity index (χ0v) is 36.9. The zero-order chi connectivity index (χ0) is 45.0. The summed E-state index contributed by atoms with van der Waals surface area (Å²) in [7, 11) is 0. The van der Waals surface area contributed by atoms with Crippen LogP contribution in [0.5, 0.6) is 12.0 Å². The molecule has 0 aromatic carbocycles. The van der Waals surface area contributed by atoms with Gasteiger partial charge in [0.2, 0.25) is 0 Å². The number of fused-ring (bicyclic) bond motifs is 8. The van der Waals surface area contributed by atoms with Crippen LogP contribution in [0.15, 0.2) is 85.5 Å². The summed E-state index contributed by atoms with van der Waals surface area (Å²) >= 11 is 0. The van der Waals surface area contributed by atoms with Gasteiger partial charge < -0.3 is 39.8 Å². The van der Waals surface area contributed by atoms with Crippen LogP contribution in [-0.2, 0) is 9.47 Å². The van der Waals surface area contributed by atoms with E-state index >= 15 is 0 Å². The molecule has 4 bridgehead atoms. The summed E-state index contributed by atoms with van der Waals surface area (Å²) in [6.07, 6.45) is 10.6. The lowest BCUT2D eigenvalue weighted by Gasteiger charge is -2.35. The fourth-order valence-corrected chi connectivity index (χ4v) is 8.69. The van der Waals surface area contributed by atoms with Gasteiger partial charge >= 0.3 is 18.1 Å². The number of pyridine rings is 4. The highest BCUT2D eigenvalue weighted by Crippen LogP contribution is 2.41. The van der Waals surface area contributed by atoms with Crippen LogP contribution in [0.3, 0.4) is 0 Å². The number of hydrogen-bond acceptors (Lipinski definition) is 17. The first kappa shape index (κ1) is 42.7. The van der Waals surface area contributed by atoms with Gasteiger partial charge in [-0.1, -0.05) is 0 Å². The molecule has 12 heterocycles. The minimum Gasteiger partial charge on any atom is -0.458 e. The third-order valence-corrected chi connectivity index (χ3v) is 12.2. The van der Waals surface area contributed by atoms with Gasteiger partial charge in [0, 0.05) is 92.4 Å². The molecule has 19 nitrogen and oxygen atoms in total. The first-order valence-electron chi connectivity index (χ1n) is 22.4. The smallest absolute Gasteiger partial charge is 0.329 e. The summed E-state index contributed by atoms with van der Waals surface area (Å²) in [5.74, 6) is 2.48. The first-order chi connectivity index (χ1) is 32.3.